The van der Waals surface area contributed by atoms with Gasteiger partial charge in [0.15, 0.2) is 0 Å². The average molecular weight is 164 g/mol. The highest BCUT2D eigenvalue weighted by atomic mass is 16.3. The molecule has 2 N–H and O–H groups in total. The van der Waals surface area contributed by atoms with Gasteiger partial charge in [-0.3, -0.25) is 0 Å². The Morgan fingerprint density at radius 1 is 1.17 bits per heavy atom. The highest BCUT2D eigenvalue weighted by Gasteiger charge is 2.13. The Morgan fingerprint density at radius 3 is 2.25 bits per heavy atom. The van der Waals surface area contributed by atoms with Crippen molar-refractivity contribution < 1.29 is 10.2 Å². The van der Waals surface area contributed by atoms with Crippen molar-refractivity contribution in [2.45, 2.75) is 12.2 Å². The van der Waals surface area contributed by atoms with Crippen molar-refractivity contribution in [2.24, 2.45) is 0 Å². The van der Waals surface area contributed by atoms with Gasteiger partial charge in [0.2, 0.25) is 0 Å². The maximum absolute atomic E-state index is 9.47. The maximum Gasteiger partial charge on any atom is 0.108 e. The monoisotopic (exact) mass is 164 g/mol. The summed E-state index contributed by atoms with van der Waals surface area (Å²) in [5.74, 6) is 0. The molecule has 0 fully saturated rings. The molecule has 0 heterocycles. The molecule has 2 nitrogen and oxygen atoms in total. The summed E-state index contributed by atoms with van der Waals surface area (Å²) in [6, 6.07) is 9.01. The van der Waals surface area contributed by atoms with Gasteiger partial charge in [-0.2, -0.15) is 0 Å². The first-order valence-electron chi connectivity index (χ1n) is 3.79. The lowest BCUT2D eigenvalue weighted by Crippen LogP contribution is -2.14. The molecule has 0 aliphatic heterocycles. The first-order chi connectivity index (χ1) is 5.75. The summed E-state index contributed by atoms with van der Waals surface area (Å²) in [6.45, 7) is 3.40. The van der Waals surface area contributed by atoms with Crippen molar-refractivity contribution in [1.82, 2.24) is 0 Å². The molecule has 0 amide bonds. The Labute approximate surface area is 71.8 Å². The summed E-state index contributed by atoms with van der Waals surface area (Å²) in [5.41, 5.74) is 0.699. The van der Waals surface area contributed by atoms with Crippen LogP contribution in [0, 0.1) is 0 Å². The first kappa shape index (κ1) is 8.97. The highest BCUT2D eigenvalue weighted by molar-refractivity contribution is 5.19. The van der Waals surface area contributed by atoms with E-state index in [0.717, 1.165) is 0 Å². The van der Waals surface area contributed by atoms with E-state index >= 15 is 0 Å². The molecule has 0 saturated heterocycles. The minimum absolute atomic E-state index is 0.699. The summed E-state index contributed by atoms with van der Waals surface area (Å²) in [4.78, 5) is 0. The van der Waals surface area contributed by atoms with E-state index < -0.39 is 12.2 Å². The first-order valence-corrected chi connectivity index (χ1v) is 3.79. The largest absolute Gasteiger partial charge is 0.386 e. The Morgan fingerprint density at radius 2 is 1.75 bits per heavy atom. The molecule has 2 heteroatoms. The van der Waals surface area contributed by atoms with Crippen LogP contribution in [0.5, 0.6) is 0 Å². The third kappa shape index (κ3) is 1.94. The molecule has 64 valence electrons. The summed E-state index contributed by atoms with van der Waals surface area (Å²) in [7, 11) is 0. The van der Waals surface area contributed by atoms with Gasteiger partial charge in [0.25, 0.3) is 0 Å². The predicted octanol–water partition coefficient (Wildman–Crippen LogP) is 1.27. The summed E-state index contributed by atoms with van der Waals surface area (Å²) in [5, 5.41) is 18.7. The molecule has 0 saturated carbocycles. The van der Waals surface area contributed by atoms with E-state index in [-0.39, 0.29) is 0 Å². The maximum atomic E-state index is 9.47. The van der Waals surface area contributed by atoms with E-state index in [0.29, 0.717) is 5.56 Å². The number of rotatable bonds is 3. The van der Waals surface area contributed by atoms with Crippen molar-refractivity contribution in [1.29, 1.82) is 0 Å². The fourth-order valence-electron chi connectivity index (χ4n) is 0.976. The summed E-state index contributed by atoms with van der Waals surface area (Å²) in [6.07, 6.45) is -0.450. The number of hydrogen-bond donors (Lipinski definition) is 2. The third-order valence-corrected chi connectivity index (χ3v) is 1.71. The van der Waals surface area contributed by atoms with Crippen LogP contribution in [0.15, 0.2) is 43.0 Å². The number of benzene rings is 1. The number of hydrogen-bond acceptors (Lipinski definition) is 2. The fourth-order valence-corrected chi connectivity index (χ4v) is 0.976. The van der Waals surface area contributed by atoms with E-state index in [2.05, 4.69) is 6.58 Å². The van der Waals surface area contributed by atoms with Crippen molar-refractivity contribution in [3.63, 3.8) is 0 Å². The van der Waals surface area contributed by atoms with Crippen molar-refractivity contribution in [2.75, 3.05) is 0 Å². The normalized spacial score (nSPS) is 15.2. The second-order valence-electron chi connectivity index (χ2n) is 2.58. The molecule has 1 aromatic carbocycles. The molecule has 0 aromatic heterocycles. The zero-order valence-electron chi connectivity index (χ0n) is 6.72. The van der Waals surface area contributed by atoms with Crippen LogP contribution < -0.4 is 0 Å². The van der Waals surface area contributed by atoms with E-state index in [4.69, 9.17) is 0 Å². The van der Waals surface area contributed by atoms with Crippen LogP contribution in [0.1, 0.15) is 11.7 Å². The molecule has 0 unspecified atom stereocenters. The van der Waals surface area contributed by atoms with Gasteiger partial charge in [-0.1, -0.05) is 36.4 Å². The van der Waals surface area contributed by atoms with E-state index in [1.54, 1.807) is 12.1 Å². The highest BCUT2D eigenvalue weighted by Crippen LogP contribution is 2.16. The van der Waals surface area contributed by atoms with Gasteiger partial charge >= 0.3 is 0 Å². The zero-order chi connectivity index (χ0) is 8.97. The molecular formula is C10H12O2. The molecular weight excluding hydrogens is 152 g/mol. The lowest BCUT2D eigenvalue weighted by atomic mass is 10.1. The molecule has 0 bridgehead atoms. The summed E-state index contributed by atoms with van der Waals surface area (Å²) >= 11 is 0. The van der Waals surface area contributed by atoms with Gasteiger partial charge in [-0.15, -0.1) is 6.58 Å². The quantitative estimate of drug-likeness (QED) is 0.660. The molecule has 1 aromatic rings. The Kier molecular flexibility index (Phi) is 3.02. The van der Waals surface area contributed by atoms with Crippen molar-refractivity contribution in [3.8, 4) is 0 Å². The topological polar surface area (TPSA) is 40.5 Å². The fraction of sp³-hybridized carbons (Fsp3) is 0.200. The SMILES string of the molecule is C=C[C@@H](O)[C@H](O)c1ccccc1. The second kappa shape index (κ2) is 4.04. The second-order valence-corrected chi connectivity index (χ2v) is 2.58. The summed E-state index contributed by atoms with van der Waals surface area (Å²) < 4.78 is 0. The van der Waals surface area contributed by atoms with E-state index in [9.17, 15) is 10.2 Å². The Bertz CT molecular complexity index is 243. The Balaban J connectivity index is 2.78. The molecule has 0 aliphatic rings. The number of aliphatic hydroxyl groups excluding tert-OH is 2. The molecule has 0 spiro atoms. The van der Waals surface area contributed by atoms with Crippen LogP contribution >= 0.6 is 0 Å². The lowest BCUT2D eigenvalue weighted by Gasteiger charge is -2.13. The van der Waals surface area contributed by atoms with Crippen LogP contribution in [0.2, 0.25) is 0 Å². The molecule has 0 radical (unpaired) electrons. The minimum atomic E-state index is -0.896. The third-order valence-electron chi connectivity index (χ3n) is 1.71. The van der Waals surface area contributed by atoms with Gasteiger partial charge in [-0.05, 0) is 5.56 Å². The van der Waals surface area contributed by atoms with Crippen LogP contribution in [-0.4, -0.2) is 16.3 Å². The van der Waals surface area contributed by atoms with Gasteiger partial charge in [0, 0.05) is 0 Å². The standard InChI is InChI=1S/C10H12O2/c1-2-9(11)10(12)8-6-4-3-5-7-8/h2-7,9-12H,1H2/t9-,10-/m1/s1. The van der Waals surface area contributed by atoms with Crippen LogP contribution in [-0.2, 0) is 0 Å². The predicted molar refractivity (Wildman–Crippen MR) is 47.6 cm³/mol. The minimum Gasteiger partial charge on any atom is -0.386 e. The Hall–Kier alpha value is -1.12. The van der Waals surface area contributed by atoms with Crippen molar-refractivity contribution >= 4 is 0 Å². The number of aliphatic hydroxyl groups is 2. The van der Waals surface area contributed by atoms with Gasteiger partial charge in [-0.25, -0.2) is 0 Å². The van der Waals surface area contributed by atoms with E-state index in [1.165, 1.54) is 6.08 Å². The van der Waals surface area contributed by atoms with Gasteiger partial charge in [0.05, 0.1) is 0 Å². The van der Waals surface area contributed by atoms with Gasteiger partial charge in [0.1, 0.15) is 12.2 Å². The lowest BCUT2D eigenvalue weighted by molar-refractivity contribution is 0.0485. The van der Waals surface area contributed by atoms with Crippen molar-refractivity contribution in [3.05, 3.63) is 48.6 Å². The average Bonchev–Trinajstić information content (AvgIpc) is 2.17. The molecule has 2 atom stereocenters. The molecule has 0 aliphatic carbocycles. The van der Waals surface area contributed by atoms with E-state index in [1.807, 2.05) is 18.2 Å². The van der Waals surface area contributed by atoms with Crippen LogP contribution in [0.4, 0.5) is 0 Å². The van der Waals surface area contributed by atoms with Gasteiger partial charge < -0.3 is 10.2 Å². The zero-order valence-corrected chi connectivity index (χ0v) is 6.72. The van der Waals surface area contributed by atoms with Crippen LogP contribution in [0.3, 0.4) is 0 Å². The molecule has 12 heavy (non-hydrogen) atoms. The molecule has 1 rings (SSSR count). The smallest absolute Gasteiger partial charge is 0.108 e. The van der Waals surface area contributed by atoms with Crippen LogP contribution in [0.25, 0.3) is 0 Å².